The number of benzene rings is 2. The number of nitrogens with one attached hydrogen (secondary N) is 1. The molecule has 140 valence electrons. The molecular weight excluding hydrogens is 419 g/mol. The first-order chi connectivity index (χ1) is 13.5. The quantitative estimate of drug-likeness (QED) is 0.587. The largest absolute Gasteiger partial charge is 0.480 e. The van der Waals surface area contributed by atoms with Crippen molar-refractivity contribution in [1.82, 2.24) is 9.97 Å². The van der Waals surface area contributed by atoms with Gasteiger partial charge in [0.25, 0.3) is 5.91 Å². The van der Waals surface area contributed by atoms with Crippen LogP contribution in [0.15, 0.2) is 52.5 Å². The second-order valence-electron chi connectivity index (χ2n) is 5.71. The van der Waals surface area contributed by atoms with E-state index < -0.39 is 0 Å². The fourth-order valence-electron chi connectivity index (χ4n) is 2.54. The Morgan fingerprint density at radius 1 is 1.14 bits per heavy atom. The van der Waals surface area contributed by atoms with Gasteiger partial charge in [-0.05, 0) is 47.7 Å². The number of anilines is 1. The van der Waals surface area contributed by atoms with Crippen molar-refractivity contribution in [3.63, 3.8) is 0 Å². The van der Waals surface area contributed by atoms with E-state index in [0.717, 1.165) is 11.1 Å². The summed E-state index contributed by atoms with van der Waals surface area (Å²) in [4.78, 5) is 25.4. The lowest BCUT2D eigenvalue weighted by Gasteiger charge is -2.08. The summed E-state index contributed by atoms with van der Waals surface area (Å²) in [6, 6.07) is 10.7. The van der Waals surface area contributed by atoms with Crippen LogP contribution in [-0.2, 0) is 4.79 Å². The molecule has 1 amide bonds. The smallest absolute Gasteiger partial charge is 0.286 e. The van der Waals surface area contributed by atoms with Crippen molar-refractivity contribution in [3.8, 4) is 5.88 Å². The number of carbonyl (C=O) groups is 1. The standard InChI is InChI=1S/C19H12Cl2N4O2S/c1-27-16-9-22-13-6-5-10(7-14(13)23-16)8-15-18(26)25-19(28-15)24-17-11(20)3-2-4-12(17)21/h2-9H,1H3,(H,24,25,26)/b15-8+. The van der Waals surface area contributed by atoms with Gasteiger partial charge in [-0.2, -0.15) is 4.99 Å². The maximum absolute atomic E-state index is 12.3. The molecule has 0 spiro atoms. The molecule has 6 nitrogen and oxygen atoms in total. The molecule has 4 rings (SSSR count). The molecule has 3 aromatic rings. The molecule has 0 saturated carbocycles. The van der Waals surface area contributed by atoms with Crippen molar-refractivity contribution in [3.05, 3.63) is 63.1 Å². The molecular formula is C19H12Cl2N4O2S. The van der Waals surface area contributed by atoms with E-state index in [1.54, 1.807) is 30.5 Å². The summed E-state index contributed by atoms with van der Waals surface area (Å²) >= 11 is 13.5. The lowest BCUT2D eigenvalue weighted by atomic mass is 10.2. The first-order valence-corrected chi connectivity index (χ1v) is 9.65. The Balaban J connectivity index is 1.58. The number of fused-ring (bicyclic) bond motifs is 1. The zero-order valence-electron chi connectivity index (χ0n) is 14.4. The van der Waals surface area contributed by atoms with E-state index in [0.29, 0.717) is 37.2 Å². The Hall–Kier alpha value is -2.61. The number of amides is 1. The molecule has 1 aliphatic rings. The Morgan fingerprint density at radius 3 is 2.68 bits per heavy atom. The fourth-order valence-corrected chi connectivity index (χ4v) is 3.85. The number of rotatable bonds is 3. The highest BCUT2D eigenvalue weighted by Crippen LogP contribution is 2.34. The summed E-state index contributed by atoms with van der Waals surface area (Å²) in [5, 5.41) is 4.32. The Kier molecular flexibility index (Phi) is 5.21. The number of methoxy groups -OCH3 is 1. The van der Waals surface area contributed by atoms with E-state index in [-0.39, 0.29) is 5.91 Å². The van der Waals surface area contributed by atoms with Crippen molar-refractivity contribution >= 4 is 68.8 Å². The van der Waals surface area contributed by atoms with Gasteiger partial charge in [0.1, 0.15) is 0 Å². The molecule has 9 heteroatoms. The monoisotopic (exact) mass is 430 g/mol. The Morgan fingerprint density at radius 2 is 1.93 bits per heavy atom. The fraction of sp³-hybridized carbons (Fsp3) is 0.0526. The van der Waals surface area contributed by atoms with Gasteiger partial charge in [0.2, 0.25) is 5.88 Å². The van der Waals surface area contributed by atoms with E-state index >= 15 is 0 Å². The minimum Gasteiger partial charge on any atom is -0.480 e. The molecule has 0 atom stereocenters. The van der Waals surface area contributed by atoms with E-state index in [2.05, 4.69) is 20.3 Å². The van der Waals surface area contributed by atoms with Crippen LogP contribution in [-0.4, -0.2) is 28.2 Å². The average Bonchev–Trinajstić information content (AvgIpc) is 3.03. The summed E-state index contributed by atoms with van der Waals surface area (Å²) < 4.78 is 5.11. The van der Waals surface area contributed by atoms with Gasteiger partial charge in [-0.25, -0.2) is 9.97 Å². The van der Waals surface area contributed by atoms with Gasteiger partial charge in [-0.15, -0.1) is 0 Å². The van der Waals surface area contributed by atoms with Crippen LogP contribution in [0.3, 0.4) is 0 Å². The number of carbonyl (C=O) groups excluding carboxylic acids is 1. The zero-order chi connectivity index (χ0) is 19.7. The highest BCUT2D eigenvalue weighted by molar-refractivity contribution is 8.18. The second-order valence-corrected chi connectivity index (χ2v) is 7.56. The van der Waals surface area contributed by atoms with Gasteiger partial charge in [0.05, 0.1) is 45.0 Å². The maximum Gasteiger partial charge on any atom is 0.286 e. The van der Waals surface area contributed by atoms with Crippen molar-refractivity contribution < 1.29 is 9.53 Å². The van der Waals surface area contributed by atoms with Crippen molar-refractivity contribution in [1.29, 1.82) is 0 Å². The van der Waals surface area contributed by atoms with Crippen LogP contribution in [0.5, 0.6) is 5.88 Å². The zero-order valence-corrected chi connectivity index (χ0v) is 16.8. The molecule has 0 saturated heterocycles. The van der Waals surface area contributed by atoms with Gasteiger partial charge in [0, 0.05) is 0 Å². The predicted molar refractivity (Wildman–Crippen MR) is 114 cm³/mol. The van der Waals surface area contributed by atoms with Gasteiger partial charge >= 0.3 is 0 Å². The second kappa shape index (κ2) is 7.79. The molecule has 0 fully saturated rings. The van der Waals surface area contributed by atoms with Crippen molar-refractivity contribution in [2.24, 2.45) is 4.99 Å². The van der Waals surface area contributed by atoms with Gasteiger partial charge in [0.15, 0.2) is 5.17 Å². The van der Waals surface area contributed by atoms with Crippen LogP contribution in [0.4, 0.5) is 5.69 Å². The maximum atomic E-state index is 12.3. The molecule has 1 N–H and O–H groups in total. The SMILES string of the molecule is COc1cnc2ccc(/C=C3/SC(Nc4c(Cl)cccc4Cl)=NC3=O)cc2n1. The van der Waals surface area contributed by atoms with Crippen LogP contribution in [0.2, 0.25) is 10.0 Å². The number of nitrogens with zero attached hydrogens (tertiary/aromatic N) is 3. The lowest BCUT2D eigenvalue weighted by molar-refractivity contribution is -0.113. The van der Waals surface area contributed by atoms with Crippen molar-refractivity contribution in [2.45, 2.75) is 0 Å². The topological polar surface area (TPSA) is 76.5 Å². The summed E-state index contributed by atoms with van der Waals surface area (Å²) in [7, 11) is 1.53. The van der Waals surface area contributed by atoms with Crippen molar-refractivity contribution in [2.75, 3.05) is 12.4 Å². The number of hydrogen-bond donors (Lipinski definition) is 1. The third kappa shape index (κ3) is 3.82. The summed E-state index contributed by atoms with van der Waals surface area (Å²) in [6.45, 7) is 0. The number of aliphatic imine (C=N–C) groups is 1. The first kappa shape index (κ1) is 18.7. The van der Waals surface area contributed by atoms with Crippen LogP contribution in [0.25, 0.3) is 17.1 Å². The number of ether oxygens (including phenoxy) is 1. The minimum atomic E-state index is -0.340. The molecule has 2 heterocycles. The third-order valence-corrected chi connectivity index (χ3v) is 5.40. The number of hydrogen-bond acceptors (Lipinski definition) is 6. The summed E-state index contributed by atoms with van der Waals surface area (Å²) in [6.07, 6.45) is 3.31. The number of aromatic nitrogens is 2. The molecule has 0 radical (unpaired) electrons. The van der Waals surface area contributed by atoms with E-state index in [4.69, 9.17) is 27.9 Å². The number of halogens is 2. The molecule has 0 unspecified atom stereocenters. The van der Waals surface area contributed by atoms with Gasteiger partial charge in [-0.1, -0.05) is 35.3 Å². The lowest BCUT2D eigenvalue weighted by Crippen LogP contribution is -2.05. The van der Waals surface area contributed by atoms with Crippen LogP contribution in [0, 0.1) is 0 Å². The Labute approximate surface area is 174 Å². The predicted octanol–water partition coefficient (Wildman–Crippen LogP) is 5.03. The number of para-hydroxylation sites is 1. The highest BCUT2D eigenvalue weighted by atomic mass is 35.5. The van der Waals surface area contributed by atoms with Gasteiger partial charge in [-0.3, -0.25) is 4.79 Å². The summed E-state index contributed by atoms with van der Waals surface area (Å²) in [5.41, 5.74) is 2.73. The van der Waals surface area contributed by atoms with Gasteiger partial charge < -0.3 is 10.1 Å². The van der Waals surface area contributed by atoms with E-state index in [1.807, 2.05) is 18.2 Å². The Bertz CT molecular complexity index is 1140. The minimum absolute atomic E-state index is 0.340. The van der Waals surface area contributed by atoms with E-state index in [1.165, 1.54) is 18.9 Å². The highest BCUT2D eigenvalue weighted by Gasteiger charge is 2.23. The van der Waals surface area contributed by atoms with Crippen LogP contribution < -0.4 is 10.1 Å². The normalized spacial score (nSPS) is 15.2. The molecule has 0 aliphatic carbocycles. The molecule has 1 aliphatic heterocycles. The number of thioether (sulfide) groups is 1. The molecule has 0 bridgehead atoms. The average molecular weight is 431 g/mol. The number of amidine groups is 1. The third-order valence-electron chi connectivity index (χ3n) is 3.87. The first-order valence-electron chi connectivity index (χ1n) is 8.08. The van der Waals surface area contributed by atoms with Crippen LogP contribution >= 0.6 is 35.0 Å². The molecule has 28 heavy (non-hydrogen) atoms. The van der Waals surface area contributed by atoms with E-state index in [9.17, 15) is 4.79 Å². The summed E-state index contributed by atoms with van der Waals surface area (Å²) in [5.74, 6) is 0.0857. The molecule has 1 aromatic heterocycles. The van der Waals surface area contributed by atoms with Crippen LogP contribution in [0.1, 0.15) is 5.56 Å². The molecule has 2 aromatic carbocycles.